The first-order valence-electron chi connectivity index (χ1n) is 7.92. The smallest absolute Gasteiger partial charge is 0.321 e. The minimum atomic E-state index is -0.315. The summed E-state index contributed by atoms with van der Waals surface area (Å²) in [5.74, 6) is 0. The van der Waals surface area contributed by atoms with Crippen molar-refractivity contribution in [3.05, 3.63) is 65.7 Å². The molecule has 3 rings (SSSR count). The van der Waals surface area contributed by atoms with Gasteiger partial charge in [-0.2, -0.15) is 9.36 Å². The zero-order chi connectivity index (χ0) is 18.2. The average molecular weight is 387 g/mol. The number of nitrogens with zero attached hydrogens (tertiary/aromatic N) is 2. The molecule has 0 aliphatic carbocycles. The Bertz CT molecular complexity index is 855. The van der Waals surface area contributed by atoms with E-state index < -0.39 is 0 Å². The summed E-state index contributed by atoms with van der Waals surface area (Å²) in [6.45, 7) is 0.922. The monoisotopic (exact) mass is 386 g/mol. The standard InChI is InChI=1S/C18H18N4O2S2/c1-24-12-14-8-6-5-7-13(14)11-19-16(23)20-17-21-18(22-26-17)25-15-9-3-2-4-10-15/h2-10H,11-12H2,1H3,(H2,19,20,21,22,23). The highest BCUT2D eigenvalue weighted by molar-refractivity contribution is 7.99. The van der Waals surface area contributed by atoms with Crippen molar-refractivity contribution in [1.29, 1.82) is 0 Å². The summed E-state index contributed by atoms with van der Waals surface area (Å²) < 4.78 is 9.43. The fourth-order valence-corrected chi connectivity index (χ4v) is 3.67. The Kier molecular flexibility index (Phi) is 6.59. The molecule has 3 aromatic rings. The third-order valence-electron chi connectivity index (χ3n) is 3.44. The van der Waals surface area contributed by atoms with E-state index in [1.54, 1.807) is 7.11 Å². The first-order chi connectivity index (χ1) is 12.7. The minimum Gasteiger partial charge on any atom is -0.380 e. The summed E-state index contributed by atoms with van der Waals surface area (Å²) in [6.07, 6.45) is 0. The van der Waals surface area contributed by atoms with Crippen LogP contribution in [0.15, 0.2) is 64.6 Å². The number of methoxy groups -OCH3 is 1. The number of carbonyl (C=O) groups excluding carboxylic acids is 1. The van der Waals surface area contributed by atoms with Crippen LogP contribution in [0.25, 0.3) is 0 Å². The van der Waals surface area contributed by atoms with Crippen LogP contribution in [0, 0.1) is 0 Å². The first-order valence-corrected chi connectivity index (χ1v) is 9.51. The van der Waals surface area contributed by atoms with E-state index in [1.807, 2.05) is 54.6 Å². The normalized spacial score (nSPS) is 10.5. The second kappa shape index (κ2) is 9.33. The molecule has 8 heteroatoms. The van der Waals surface area contributed by atoms with Crippen molar-refractivity contribution < 1.29 is 9.53 Å². The molecular formula is C18H18N4O2S2. The molecule has 2 aromatic carbocycles. The van der Waals surface area contributed by atoms with E-state index in [0.717, 1.165) is 27.6 Å². The number of hydrogen-bond acceptors (Lipinski definition) is 6. The quantitative estimate of drug-likeness (QED) is 0.638. The molecule has 0 fully saturated rings. The van der Waals surface area contributed by atoms with Crippen LogP contribution >= 0.6 is 23.3 Å². The van der Waals surface area contributed by atoms with Gasteiger partial charge in [-0.3, -0.25) is 5.32 Å². The Hall–Kier alpha value is -2.42. The molecule has 26 heavy (non-hydrogen) atoms. The zero-order valence-corrected chi connectivity index (χ0v) is 15.8. The number of carbonyl (C=O) groups is 1. The predicted molar refractivity (Wildman–Crippen MR) is 103 cm³/mol. The van der Waals surface area contributed by atoms with Gasteiger partial charge in [0.2, 0.25) is 10.3 Å². The van der Waals surface area contributed by atoms with Crippen LogP contribution in [0.2, 0.25) is 0 Å². The van der Waals surface area contributed by atoms with Gasteiger partial charge in [-0.25, -0.2) is 4.79 Å². The van der Waals surface area contributed by atoms with E-state index in [-0.39, 0.29) is 6.03 Å². The molecule has 0 radical (unpaired) electrons. The molecule has 1 aromatic heterocycles. The number of amides is 2. The molecule has 0 aliphatic heterocycles. The van der Waals surface area contributed by atoms with Gasteiger partial charge in [-0.05, 0) is 35.0 Å². The molecule has 0 spiro atoms. The van der Waals surface area contributed by atoms with Crippen LogP contribution in [0.3, 0.4) is 0 Å². The molecular weight excluding hydrogens is 368 g/mol. The highest BCUT2D eigenvalue weighted by atomic mass is 32.2. The second-order valence-electron chi connectivity index (χ2n) is 5.31. The van der Waals surface area contributed by atoms with E-state index in [2.05, 4.69) is 20.0 Å². The Morgan fingerprint density at radius 2 is 1.85 bits per heavy atom. The maximum atomic E-state index is 12.1. The third kappa shape index (κ3) is 5.29. The molecule has 0 atom stereocenters. The Labute approximate surface area is 160 Å². The maximum Gasteiger partial charge on any atom is 0.321 e. The number of nitrogens with one attached hydrogen (secondary N) is 2. The van der Waals surface area contributed by atoms with Crippen molar-refractivity contribution in [2.75, 3.05) is 12.4 Å². The molecule has 6 nitrogen and oxygen atoms in total. The topological polar surface area (TPSA) is 76.1 Å². The number of aromatic nitrogens is 2. The van der Waals surface area contributed by atoms with E-state index in [9.17, 15) is 4.79 Å². The van der Waals surface area contributed by atoms with Crippen molar-refractivity contribution >= 4 is 34.5 Å². The van der Waals surface area contributed by atoms with Crippen molar-refractivity contribution in [3.63, 3.8) is 0 Å². The van der Waals surface area contributed by atoms with Crippen molar-refractivity contribution in [2.45, 2.75) is 23.2 Å². The predicted octanol–water partition coefficient (Wildman–Crippen LogP) is 4.16. The summed E-state index contributed by atoms with van der Waals surface area (Å²) in [4.78, 5) is 17.5. The molecule has 0 bridgehead atoms. The van der Waals surface area contributed by atoms with Crippen LogP contribution in [0.4, 0.5) is 9.93 Å². The molecule has 0 unspecified atom stereocenters. The van der Waals surface area contributed by atoms with Gasteiger partial charge in [0.1, 0.15) is 0 Å². The minimum absolute atomic E-state index is 0.315. The average Bonchev–Trinajstić information content (AvgIpc) is 3.09. The lowest BCUT2D eigenvalue weighted by atomic mass is 10.1. The number of rotatable bonds is 7. The lowest BCUT2D eigenvalue weighted by Crippen LogP contribution is -2.28. The molecule has 2 amide bonds. The zero-order valence-electron chi connectivity index (χ0n) is 14.1. The molecule has 2 N–H and O–H groups in total. The van der Waals surface area contributed by atoms with Gasteiger partial charge in [0.25, 0.3) is 0 Å². The number of anilines is 1. The van der Waals surface area contributed by atoms with E-state index in [1.165, 1.54) is 11.8 Å². The fraction of sp³-hybridized carbons (Fsp3) is 0.167. The van der Waals surface area contributed by atoms with E-state index in [0.29, 0.717) is 23.4 Å². The van der Waals surface area contributed by atoms with Gasteiger partial charge in [0.05, 0.1) is 6.61 Å². The largest absolute Gasteiger partial charge is 0.380 e. The van der Waals surface area contributed by atoms with Crippen LogP contribution in [-0.2, 0) is 17.9 Å². The van der Waals surface area contributed by atoms with E-state index >= 15 is 0 Å². The summed E-state index contributed by atoms with van der Waals surface area (Å²) in [6, 6.07) is 17.4. The van der Waals surface area contributed by atoms with Crippen LogP contribution < -0.4 is 10.6 Å². The fourth-order valence-electron chi connectivity index (χ4n) is 2.24. The van der Waals surface area contributed by atoms with Gasteiger partial charge in [0, 0.05) is 30.1 Å². The number of ether oxygens (including phenoxy) is 1. The second-order valence-corrected chi connectivity index (χ2v) is 7.10. The van der Waals surface area contributed by atoms with Gasteiger partial charge < -0.3 is 10.1 Å². The Balaban J connectivity index is 1.53. The summed E-state index contributed by atoms with van der Waals surface area (Å²) in [7, 11) is 1.65. The molecule has 0 saturated carbocycles. The molecule has 0 saturated heterocycles. The summed E-state index contributed by atoms with van der Waals surface area (Å²) in [5, 5.41) is 6.63. The van der Waals surface area contributed by atoms with Crippen LogP contribution in [-0.4, -0.2) is 22.5 Å². The Morgan fingerprint density at radius 3 is 2.62 bits per heavy atom. The van der Waals surface area contributed by atoms with Crippen molar-refractivity contribution in [1.82, 2.24) is 14.7 Å². The van der Waals surface area contributed by atoms with E-state index in [4.69, 9.17) is 4.74 Å². The van der Waals surface area contributed by atoms with Crippen molar-refractivity contribution in [2.24, 2.45) is 0 Å². The van der Waals surface area contributed by atoms with Gasteiger partial charge >= 0.3 is 6.03 Å². The number of hydrogen-bond donors (Lipinski definition) is 2. The van der Waals surface area contributed by atoms with Gasteiger partial charge in [0.15, 0.2) is 0 Å². The number of benzene rings is 2. The lowest BCUT2D eigenvalue weighted by Gasteiger charge is -2.10. The first kappa shape index (κ1) is 18.4. The SMILES string of the molecule is COCc1ccccc1CNC(=O)Nc1nc(Sc2ccccc2)ns1. The van der Waals surface area contributed by atoms with Crippen LogP contribution in [0.5, 0.6) is 0 Å². The van der Waals surface area contributed by atoms with Gasteiger partial charge in [-0.1, -0.05) is 42.5 Å². The highest BCUT2D eigenvalue weighted by Gasteiger charge is 2.10. The van der Waals surface area contributed by atoms with Crippen molar-refractivity contribution in [3.8, 4) is 0 Å². The molecule has 134 valence electrons. The third-order valence-corrected chi connectivity index (χ3v) is 5.06. The number of urea groups is 1. The Morgan fingerprint density at radius 1 is 1.12 bits per heavy atom. The summed E-state index contributed by atoms with van der Waals surface area (Å²) >= 11 is 2.61. The van der Waals surface area contributed by atoms with Gasteiger partial charge in [-0.15, -0.1) is 0 Å². The maximum absolute atomic E-state index is 12.1. The molecule has 0 aliphatic rings. The molecule has 1 heterocycles. The summed E-state index contributed by atoms with van der Waals surface area (Å²) in [5.41, 5.74) is 2.06. The van der Waals surface area contributed by atoms with Crippen LogP contribution in [0.1, 0.15) is 11.1 Å². The lowest BCUT2D eigenvalue weighted by molar-refractivity contribution is 0.184. The highest BCUT2D eigenvalue weighted by Crippen LogP contribution is 2.27.